The fourth-order valence-electron chi connectivity index (χ4n) is 3.22. The van der Waals surface area contributed by atoms with Gasteiger partial charge in [-0.25, -0.2) is 0 Å². The molecule has 2 amide bonds. The lowest BCUT2D eigenvalue weighted by atomic mass is 9.94. The van der Waals surface area contributed by atoms with Crippen LogP contribution in [-0.4, -0.2) is 54.0 Å². The molecule has 152 valence electrons. The van der Waals surface area contributed by atoms with E-state index in [1.165, 1.54) is 0 Å². The van der Waals surface area contributed by atoms with E-state index in [9.17, 15) is 9.59 Å². The Balaban J connectivity index is 2.08. The summed E-state index contributed by atoms with van der Waals surface area (Å²) in [7, 11) is 0. The molecule has 0 radical (unpaired) electrons. The molecule has 0 spiro atoms. The minimum Gasteiger partial charge on any atom is -0.467 e. The predicted octanol–water partition coefficient (Wildman–Crippen LogP) is 3.46. The second kappa shape index (κ2) is 9.93. The summed E-state index contributed by atoms with van der Waals surface area (Å²) in [6.07, 6.45) is 5.53. The van der Waals surface area contributed by atoms with Gasteiger partial charge in [-0.3, -0.25) is 9.59 Å². The number of hydrogen-bond donors (Lipinski definition) is 0. The Hall–Kier alpha value is -1.82. The highest BCUT2D eigenvalue weighted by Gasteiger charge is 2.30. The standard InChI is InChI=1S/C21H34N2O4/c1-5-6-11-22(20(25)21(2,3)4)16-19(24)23(14-17-9-7-12-26-17)15-18-10-8-13-27-18/h7,9,12,18H,5-6,8,10-11,13-16H2,1-4H3/t18-/m1/s1. The summed E-state index contributed by atoms with van der Waals surface area (Å²) in [5.74, 6) is 0.693. The largest absolute Gasteiger partial charge is 0.467 e. The molecule has 1 aliphatic rings. The Labute approximate surface area is 162 Å². The Kier molecular flexibility index (Phi) is 7.90. The maximum absolute atomic E-state index is 13.1. The molecule has 0 aromatic carbocycles. The van der Waals surface area contributed by atoms with Crippen molar-refractivity contribution in [1.29, 1.82) is 0 Å². The Bertz CT molecular complexity index is 586. The van der Waals surface area contributed by atoms with Gasteiger partial charge in [-0.2, -0.15) is 0 Å². The molecule has 0 N–H and O–H groups in total. The molecular formula is C21H34N2O4. The highest BCUT2D eigenvalue weighted by atomic mass is 16.5. The highest BCUT2D eigenvalue weighted by molar-refractivity contribution is 5.87. The van der Waals surface area contributed by atoms with Crippen LogP contribution < -0.4 is 0 Å². The van der Waals surface area contributed by atoms with Crippen LogP contribution in [-0.2, 0) is 20.9 Å². The number of amides is 2. The summed E-state index contributed by atoms with van der Waals surface area (Å²) in [4.78, 5) is 29.4. The predicted molar refractivity (Wildman–Crippen MR) is 104 cm³/mol. The lowest BCUT2D eigenvalue weighted by Gasteiger charge is -2.32. The molecule has 2 rings (SSSR count). The van der Waals surface area contributed by atoms with Crippen molar-refractivity contribution in [2.45, 2.75) is 66.0 Å². The molecule has 6 nitrogen and oxygen atoms in total. The van der Waals surface area contributed by atoms with Gasteiger partial charge in [0.25, 0.3) is 0 Å². The molecule has 2 heterocycles. The van der Waals surface area contributed by atoms with E-state index in [4.69, 9.17) is 9.15 Å². The molecule has 1 aromatic rings. The van der Waals surface area contributed by atoms with Crippen molar-refractivity contribution in [3.05, 3.63) is 24.2 Å². The average molecular weight is 379 g/mol. The van der Waals surface area contributed by atoms with Crippen LogP contribution in [0.2, 0.25) is 0 Å². The van der Waals surface area contributed by atoms with Crippen molar-refractivity contribution < 1.29 is 18.7 Å². The summed E-state index contributed by atoms with van der Waals surface area (Å²) in [5.41, 5.74) is -0.506. The molecule has 1 saturated heterocycles. The molecule has 0 bridgehead atoms. The van der Waals surface area contributed by atoms with Crippen molar-refractivity contribution in [3.63, 3.8) is 0 Å². The first-order valence-electron chi connectivity index (χ1n) is 10.0. The zero-order valence-electron chi connectivity index (χ0n) is 17.2. The Morgan fingerprint density at radius 2 is 2.04 bits per heavy atom. The molecule has 0 saturated carbocycles. The zero-order chi connectivity index (χ0) is 19.9. The Morgan fingerprint density at radius 1 is 1.26 bits per heavy atom. The SMILES string of the molecule is CCCCN(CC(=O)N(Cc1ccco1)C[C@H]1CCCO1)C(=O)C(C)(C)C. The van der Waals surface area contributed by atoms with Gasteiger partial charge in [0.15, 0.2) is 0 Å². The van der Waals surface area contributed by atoms with E-state index >= 15 is 0 Å². The number of carbonyl (C=O) groups is 2. The van der Waals surface area contributed by atoms with Gasteiger partial charge in [0.05, 0.1) is 25.5 Å². The minimum absolute atomic E-state index is 0.0133. The molecule has 1 fully saturated rings. The van der Waals surface area contributed by atoms with Crippen molar-refractivity contribution in [1.82, 2.24) is 9.80 Å². The number of carbonyl (C=O) groups excluding carboxylic acids is 2. The fraction of sp³-hybridized carbons (Fsp3) is 0.714. The second-order valence-electron chi connectivity index (χ2n) is 8.32. The van der Waals surface area contributed by atoms with Crippen LogP contribution in [0.4, 0.5) is 0 Å². The smallest absolute Gasteiger partial charge is 0.242 e. The average Bonchev–Trinajstić information content (AvgIpc) is 3.30. The first kappa shape index (κ1) is 21.5. The van der Waals surface area contributed by atoms with Gasteiger partial charge in [0, 0.05) is 25.1 Å². The molecule has 1 aromatic heterocycles. The number of ether oxygens (including phenoxy) is 1. The monoisotopic (exact) mass is 378 g/mol. The topological polar surface area (TPSA) is 63.0 Å². The molecule has 1 aliphatic heterocycles. The van der Waals surface area contributed by atoms with Gasteiger partial charge in [0.1, 0.15) is 5.76 Å². The number of unbranched alkanes of at least 4 members (excludes halogenated alkanes) is 1. The van der Waals surface area contributed by atoms with Crippen LogP contribution in [0.5, 0.6) is 0 Å². The molecule has 0 aliphatic carbocycles. The van der Waals surface area contributed by atoms with Gasteiger partial charge in [-0.1, -0.05) is 34.1 Å². The number of rotatable bonds is 9. The van der Waals surface area contributed by atoms with E-state index in [0.29, 0.717) is 19.6 Å². The third kappa shape index (κ3) is 6.69. The summed E-state index contributed by atoms with van der Waals surface area (Å²) in [5, 5.41) is 0. The molecule has 27 heavy (non-hydrogen) atoms. The number of hydrogen-bond acceptors (Lipinski definition) is 4. The quantitative estimate of drug-likeness (QED) is 0.660. The molecular weight excluding hydrogens is 344 g/mol. The van der Waals surface area contributed by atoms with Crippen molar-refractivity contribution in [2.75, 3.05) is 26.2 Å². The van der Waals surface area contributed by atoms with E-state index in [2.05, 4.69) is 6.92 Å². The number of nitrogens with zero attached hydrogens (tertiary/aromatic N) is 2. The van der Waals surface area contributed by atoms with Crippen LogP contribution in [0.25, 0.3) is 0 Å². The van der Waals surface area contributed by atoms with Crippen LogP contribution >= 0.6 is 0 Å². The zero-order valence-corrected chi connectivity index (χ0v) is 17.2. The van der Waals surface area contributed by atoms with Gasteiger partial charge in [-0.15, -0.1) is 0 Å². The summed E-state index contributed by atoms with van der Waals surface area (Å²) < 4.78 is 11.2. The first-order chi connectivity index (χ1) is 12.8. The van der Waals surface area contributed by atoms with Crippen molar-refractivity contribution in [3.8, 4) is 0 Å². The molecule has 1 atom stereocenters. The van der Waals surface area contributed by atoms with Crippen LogP contribution in [0.3, 0.4) is 0 Å². The van der Waals surface area contributed by atoms with Gasteiger partial charge < -0.3 is 19.0 Å². The lowest BCUT2D eigenvalue weighted by molar-refractivity contribution is -0.146. The number of furan rings is 1. The van der Waals surface area contributed by atoms with Gasteiger partial charge in [0.2, 0.25) is 11.8 Å². The van der Waals surface area contributed by atoms with Gasteiger partial charge >= 0.3 is 0 Å². The first-order valence-corrected chi connectivity index (χ1v) is 10.0. The molecule has 0 unspecified atom stereocenters. The van der Waals surface area contributed by atoms with Crippen molar-refractivity contribution >= 4 is 11.8 Å². The third-order valence-corrected chi connectivity index (χ3v) is 4.76. The highest BCUT2D eigenvalue weighted by Crippen LogP contribution is 2.19. The maximum Gasteiger partial charge on any atom is 0.242 e. The van der Waals surface area contributed by atoms with E-state index in [0.717, 1.165) is 38.1 Å². The Morgan fingerprint density at radius 3 is 2.59 bits per heavy atom. The van der Waals surface area contributed by atoms with Crippen LogP contribution in [0.15, 0.2) is 22.8 Å². The van der Waals surface area contributed by atoms with E-state index in [-0.39, 0.29) is 24.5 Å². The fourth-order valence-corrected chi connectivity index (χ4v) is 3.22. The maximum atomic E-state index is 13.1. The minimum atomic E-state index is -0.506. The van der Waals surface area contributed by atoms with Crippen LogP contribution in [0.1, 0.15) is 59.1 Å². The van der Waals surface area contributed by atoms with E-state index in [1.807, 2.05) is 32.9 Å². The lowest BCUT2D eigenvalue weighted by Crippen LogP contribution is -2.48. The summed E-state index contributed by atoms with van der Waals surface area (Å²) in [6.45, 7) is 10.2. The van der Waals surface area contributed by atoms with E-state index < -0.39 is 5.41 Å². The second-order valence-corrected chi connectivity index (χ2v) is 8.32. The normalized spacial score (nSPS) is 17.1. The third-order valence-electron chi connectivity index (χ3n) is 4.76. The van der Waals surface area contributed by atoms with Crippen LogP contribution in [0, 0.1) is 5.41 Å². The molecule has 6 heteroatoms. The van der Waals surface area contributed by atoms with Crippen molar-refractivity contribution in [2.24, 2.45) is 5.41 Å². The summed E-state index contributed by atoms with van der Waals surface area (Å²) >= 11 is 0. The van der Waals surface area contributed by atoms with Gasteiger partial charge in [-0.05, 0) is 31.4 Å². The summed E-state index contributed by atoms with van der Waals surface area (Å²) in [6, 6.07) is 3.69. The van der Waals surface area contributed by atoms with E-state index in [1.54, 1.807) is 16.1 Å².